The summed E-state index contributed by atoms with van der Waals surface area (Å²) in [6.45, 7) is 3.71. The minimum absolute atomic E-state index is 0.0386. The van der Waals surface area contributed by atoms with E-state index in [0.717, 1.165) is 0 Å². The quantitative estimate of drug-likeness (QED) is 0.646. The first-order chi connectivity index (χ1) is 9.58. The van der Waals surface area contributed by atoms with Gasteiger partial charge in [-0.3, -0.25) is 5.43 Å². The summed E-state index contributed by atoms with van der Waals surface area (Å²) < 4.78 is 10.9. The van der Waals surface area contributed by atoms with E-state index in [-0.39, 0.29) is 24.1 Å². The van der Waals surface area contributed by atoms with Gasteiger partial charge in [0.2, 0.25) is 5.95 Å². The van der Waals surface area contributed by atoms with Gasteiger partial charge < -0.3 is 9.47 Å². The third kappa shape index (κ3) is 3.69. The highest BCUT2D eigenvalue weighted by Gasteiger charge is 2.11. The monoisotopic (exact) mass is 295 g/mol. The maximum atomic E-state index is 6.00. The Hall–Kier alpha value is -2.12. The van der Waals surface area contributed by atoms with Gasteiger partial charge in [0.15, 0.2) is 0 Å². The van der Waals surface area contributed by atoms with E-state index < -0.39 is 0 Å². The van der Waals surface area contributed by atoms with Crippen molar-refractivity contribution in [2.75, 3.05) is 5.43 Å². The molecule has 1 aromatic carbocycles. The van der Waals surface area contributed by atoms with Crippen molar-refractivity contribution in [3.8, 4) is 17.8 Å². The van der Waals surface area contributed by atoms with Gasteiger partial charge in [0.1, 0.15) is 5.75 Å². The third-order valence-corrected chi connectivity index (χ3v) is 2.41. The Bertz CT molecular complexity index is 594. The first kappa shape index (κ1) is 14.3. The second-order valence-electron chi connectivity index (χ2n) is 4.07. The number of para-hydroxylation sites is 1. The van der Waals surface area contributed by atoms with E-state index in [1.807, 2.05) is 13.8 Å². The summed E-state index contributed by atoms with van der Waals surface area (Å²) in [5.74, 6) is 5.87. The molecule has 0 aliphatic carbocycles. The van der Waals surface area contributed by atoms with Crippen molar-refractivity contribution >= 4 is 17.5 Å². The molecule has 0 bridgehead atoms. The number of hydrogen-bond acceptors (Lipinski definition) is 7. The molecule has 1 heterocycles. The molecule has 0 fully saturated rings. The molecule has 0 unspecified atom stereocenters. The van der Waals surface area contributed by atoms with Gasteiger partial charge in [-0.2, -0.15) is 9.97 Å². The van der Waals surface area contributed by atoms with Crippen LogP contribution in [0.15, 0.2) is 24.3 Å². The van der Waals surface area contributed by atoms with Gasteiger partial charge in [-0.15, -0.1) is 4.98 Å². The Morgan fingerprint density at radius 2 is 1.85 bits per heavy atom. The maximum Gasteiger partial charge on any atom is 0.330 e. The molecule has 0 saturated heterocycles. The number of benzene rings is 1. The van der Waals surface area contributed by atoms with Crippen LogP contribution in [0.4, 0.5) is 5.95 Å². The van der Waals surface area contributed by atoms with Crippen LogP contribution in [-0.2, 0) is 0 Å². The number of halogens is 1. The average Bonchev–Trinajstić information content (AvgIpc) is 2.40. The molecule has 0 radical (unpaired) electrons. The molecule has 0 saturated carbocycles. The first-order valence-corrected chi connectivity index (χ1v) is 6.28. The summed E-state index contributed by atoms with van der Waals surface area (Å²) in [6.07, 6.45) is -0.0869. The van der Waals surface area contributed by atoms with Crippen LogP contribution in [0.2, 0.25) is 5.02 Å². The maximum absolute atomic E-state index is 6.00. The summed E-state index contributed by atoms with van der Waals surface area (Å²) in [5, 5.41) is 0.446. The fraction of sp³-hybridized carbons (Fsp3) is 0.250. The number of aromatic nitrogens is 3. The molecular weight excluding hydrogens is 282 g/mol. The lowest BCUT2D eigenvalue weighted by Crippen LogP contribution is -2.15. The van der Waals surface area contributed by atoms with Gasteiger partial charge in [0.25, 0.3) is 0 Å². The first-order valence-electron chi connectivity index (χ1n) is 5.90. The zero-order valence-electron chi connectivity index (χ0n) is 11.0. The molecule has 2 aromatic rings. The van der Waals surface area contributed by atoms with Gasteiger partial charge in [0, 0.05) is 0 Å². The molecule has 0 atom stereocenters. The third-order valence-electron chi connectivity index (χ3n) is 2.10. The van der Waals surface area contributed by atoms with Crippen molar-refractivity contribution in [3.05, 3.63) is 29.3 Å². The molecule has 7 nitrogen and oxygen atoms in total. The summed E-state index contributed by atoms with van der Waals surface area (Å²) in [4.78, 5) is 12.0. The number of anilines is 1. The Labute approximate surface area is 121 Å². The van der Waals surface area contributed by atoms with Gasteiger partial charge in [-0.25, -0.2) is 5.84 Å². The number of nitrogens with two attached hydrogens (primary N) is 1. The van der Waals surface area contributed by atoms with E-state index in [9.17, 15) is 0 Å². The summed E-state index contributed by atoms with van der Waals surface area (Å²) in [6, 6.07) is 7.14. The molecule has 0 amide bonds. The average molecular weight is 296 g/mol. The number of hydrogen-bond donors (Lipinski definition) is 2. The molecule has 20 heavy (non-hydrogen) atoms. The lowest BCUT2D eigenvalue weighted by Gasteiger charge is -2.10. The second kappa shape index (κ2) is 6.36. The standard InChI is InChI=1S/C12H14ClN5O2/c1-7(2)19-11-15-10(18-14)16-12(17-11)20-9-6-4-3-5-8(9)13/h3-7H,14H2,1-2H3,(H,15,16,17,18). The molecule has 1 aromatic heterocycles. The topological polar surface area (TPSA) is 95.2 Å². The zero-order chi connectivity index (χ0) is 14.5. The minimum atomic E-state index is -0.0869. The minimum Gasteiger partial charge on any atom is -0.461 e. The number of hydrazine groups is 1. The molecule has 0 aliphatic rings. The highest BCUT2D eigenvalue weighted by molar-refractivity contribution is 6.32. The number of ether oxygens (including phenoxy) is 2. The number of nitrogens with one attached hydrogen (secondary N) is 1. The van der Waals surface area contributed by atoms with Crippen LogP contribution in [0.5, 0.6) is 17.8 Å². The van der Waals surface area contributed by atoms with Crippen LogP contribution in [0, 0.1) is 0 Å². The summed E-state index contributed by atoms with van der Waals surface area (Å²) >= 11 is 6.00. The summed E-state index contributed by atoms with van der Waals surface area (Å²) in [5.41, 5.74) is 2.33. The van der Waals surface area contributed by atoms with Crippen molar-refractivity contribution in [2.24, 2.45) is 5.84 Å². The lowest BCUT2D eigenvalue weighted by atomic mass is 10.3. The highest BCUT2D eigenvalue weighted by Crippen LogP contribution is 2.27. The molecule has 2 rings (SSSR count). The van der Waals surface area contributed by atoms with Crippen LogP contribution in [0.1, 0.15) is 13.8 Å². The normalized spacial score (nSPS) is 10.4. The fourth-order valence-electron chi connectivity index (χ4n) is 1.34. The van der Waals surface area contributed by atoms with E-state index in [0.29, 0.717) is 10.8 Å². The Morgan fingerprint density at radius 1 is 1.15 bits per heavy atom. The van der Waals surface area contributed by atoms with Crippen molar-refractivity contribution in [1.29, 1.82) is 0 Å². The molecule has 0 aliphatic heterocycles. The Kier molecular flexibility index (Phi) is 4.54. The Morgan fingerprint density at radius 3 is 2.50 bits per heavy atom. The SMILES string of the molecule is CC(C)Oc1nc(NN)nc(Oc2ccccc2Cl)n1. The molecule has 3 N–H and O–H groups in total. The second-order valence-corrected chi connectivity index (χ2v) is 4.47. The smallest absolute Gasteiger partial charge is 0.330 e. The van der Waals surface area contributed by atoms with E-state index in [1.165, 1.54) is 0 Å². The van der Waals surface area contributed by atoms with Crippen LogP contribution in [-0.4, -0.2) is 21.1 Å². The molecule has 106 valence electrons. The Balaban J connectivity index is 2.29. The van der Waals surface area contributed by atoms with Gasteiger partial charge in [-0.1, -0.05) is 23.7 Å². The van der Waals surface area contributed by atoms with Crippen LogP contribution in [0.3, 0.4) is 0 Å². The van der Waals surface area contributed by atoms with Crippen molar-refractivity contribution in [3.63, 3.8) is 0 Å². The molecule has 8 heteroatoms. The van der Waals surface area contributed by atoms with Crippen LogP contribution in [0.25, 0.3) is 0 Å². The largest absolute Gasteiger partial charge is 0.461 e. The number of nitrogen functional groups attached to an aromatic ring is 1. The van der Waals surface area contributed by atoms with Gasteiger partial charge in [0.05, 0.1) is 11.1 Å². The predicted octanol–water partition coefficient (Wildman–Crippen LogP) is 2.39. The fourth-order valence-corrected chi connectivity index (χ4v) is 1.51. The van der Waals surface area contributed by atoms with Crippen LogP contribution >= 0.6 is 11.6 Å². The number of rotatable bonds is 5. The zero-order valence-corrected chi connectivity index (χ0v) is 11.8. The molecule has 0 spiro atoms. The van der Waals surface area contributed by atoms with Gasteiger partial charge in [-0.05, 0) is 26.0 Å². The lowest BCUT2D eigenvalue weighted by molar-refractivity contribution is 0.218. The van der Waals surface area contributed by atoms with Gasteiger partial charge >= 0.3 is 12.0 Å². The van der Waals surface area contributed by atoms with Crippen molar-refractivity contribution in [2.45, 2.75) is 20.0 Å². The van der Waals surface area contributed by atoms with E-state index in [2.05, 4.69) is 20.4 Å². The van der Waals surface area contributed by atoms with E-state index in [4.69, 9.17) is 26.9 Å². The van der Waals surface area contributed by atoms with Crippen molar-refractivity contribution in [1.82, 2.24) is 15.0 Å². The van der Waals surface area contributed by atoms with E-state index in [1.54, 1.807) is 24.3 Å². The highest BCUT2D eigenvalue weighted by atomic mass is 35.5. The molecular formula is C12H14ClN5O2. The van der Waals surface area contributed by atoms with Crippen LogP contribution < -0.4 is 20.7 Å². The van der Waals surface area contributed by atoms with Crippen molar-refractivity contribution < 1.29 is 9.47 Å². The number of nitrogens with zero attached hydrogens (tertiary/aromatic N) is 3. The van der Waals surface area contributed by atoms with E-state index >= 15 is 0 Å². The predicted molar refractivity (Wildman–Crippen MR) is 74.9 cm³/mol. The summed E-state index contributed by atoms with van der Waals surface area (Å²) in [7, 11) is 0.